The van der Waals surface area contributed by atoms with Gasteiger partial charge in [0.05, 0.1) is 13.1 Å². The standard InChI is InChI=1S/C15H20N4O3.ClH/c1-16-6-3-7-17-14(21)12-5-2-4-11(8-12)10-19-13(20)9-18-15(19)22;/h2,4-5,8,16H,3,6-7,9-10H2,1H3,(H,17,21)(H,18,22);1H. The molecule has 0 aliphatic carbocycles. The molecular weight excluding hydrogens is 320 g/mol. The summed E-state index contributed by atoms with van der Waals surface area (Å²) in [6.45, 7) is 1.64. The first kappa shape index (κ1) is 18.9. The second kappa shape index (κ2) is 9.12. The smallest absolute Gasteiger partial charge is 0.324 e. The van der Waals surface area contributed by atoms with Crippen LogP contribution in [0.5, 0.6) is 0 Å². The van der Waals surface area contributed by atoms with Crippen molar-refractivity contribution < 1.29 is 14.4 Å². The predicted octanol–water partition coefficient (Wildman–Crippen LogP) is 0.499. The maximum atomic E-state index is 12.0. The lowest BCUT2D eigenvalue weighted by molar-refractivity contribution is -0.125. The van der Waals surface area contributed by atoms with Crippen LogP contribution in [0.15, 0.2) is 24.3 Å². The quantitative estimate of drug-likeness (QED) is 0.498. The number of amides is 4. The van der Waals surface area contributed by atoms with E-state index < -0.39 is 6.03 Å². The maximum Gasteiger partial charge on any atom is 0.324 e. The molecule has 0 spiro atoms. The summed E-state index contributed by atoms with van der Waals surface area (Å²) >= 11 is 0. The van der Waals surface area contributed by atoms with E-state index >= 15 is 0 Å². The molecule has 0 bridgehead atoms. The Hall–Kier alpha value is -2.12. The van der Waals surface area contributed by atoms with Crippen LogP contribution in [0.2, 0.25) is 0 Å². The lowest BCUT2D eigenvalue weighted by atomic mass is 10.1. The highest BCUT2D eigenvalue weighted by Gasteiger charge is 2.28. The summed E-state index contributed by atoms with van der Waals surface area (Å²) in [4.78, 5) is 36.3. The molecule has 1 aromatic rings. The first-order valence-electron chi connectivity index (χ1n) is 7.21. The third kappa shape index (κ3) is 5.22. The summed E-state index contributed by atoms with van der Waals surface area (Å²) in [7, 11) is 1.86. The van der Waals surface area contributed by atoms with Crippen molar-refractivity contribution in [3.05, 3.63) is 35.4 Å². The van der Waals surface area contributed by atoms with Gasteiger partial charge in [-0.1, -0.05) is 12.1 Å². The van der Waals surface area contributed by atoms with Gasteiger partial charge in [-0.05, 0) is 37.7 Å². The van der Waals surface area contributed by atoms with Crippen LogP contribution in [0.1, 0.15) is 22.3 Å². The summed E-state index contributed by atoms with van der Waals surface area (Å²) in [5, 5.41) is 8.31. The van der Waals surface area contributed by atoms with Crippen LogP contribution in [-0.4, -0.2) is 49.4 Å². The number of halogens is 1. The van der Waals surface area contributed by atoms with Gasteiger partial charge in [0.1, 0.15) is 0 Å². The zero-order valence-corrected chi connectivity index (χ0v) is 13.7. The molecule has 0 atom stereocenters. The van der Waals surface area contributed by atoms with Gasteiger partial charge in [-0.2, -0.15) is 0 Å². The predicted molar refractivity (Wildman–Crippen MR) is 88.5 cm³/mol. The van der Waals surface area contributed by atoms with Gasteiger partial charge in [-0.3, -0.25) is 14.5 Å². The molecule has 1 heterocycles. The van der Waals surface area contributed by atoms with Crippen LogP contribution in [0, 0.1) is 0 Å². The Labute approximate surface area is 141 Å². The summed E-state index contributed by atoms with van der Waals surface area (Å²) in [6.07, 6.45) is 0.852. The van der Waals surface area contributed by atoms with E-state index in [9.17, 15) is 14.4 Å². The number of hydrogen-bond donors (Lipinski definition) is 3. The van der Waals surface area contributed by atoms with Gasteiger partial charge in [0.2, 0.25) is 5.91 Å². The monoisotopic (exact) mass is 340 g/mol. The first-order valence-corrected chi connectivity index (χ1v) is 7.21. The molecule has 0 saturated carbocycles. The van der Waals surface area contributed by atoms with Gasteiger partial charge < -0.3 is 16.0 Å². The van der Waals surface area contributed by atoms with E-state index in [-0.39, 0.29) is 37.3 Å². The van der Waals surface area contributed by atoms with E-state index in [1.807, 2.05) is 7.05 Å². The summed E-state index contributed by atoms with van der Waals surface area (Å²) < 4.78 is 0. The van der Waals surface area contributed by atoms with Crippen LogP contribution in [0.25, 0.3) is 0 Å². The van der Waals surface area contributed by atoms with Crippen molar-refractivity contribution >= 4 is 30.3 Å². The Bertz CT molecular complexity index is 564. The number of urea groups is 1. The molecule has 0 unspecified atom stereocenters. The zero-order valence-electron chi connectivity index (χ0n) is 12.9. The van der Waals surface area contributed by atoms with Gasteiger partial charge >= 0.3 is 6.03 Å². The molecule has 1 aromatic carbocycles. The number of nitrogens with one attached hydrogen (secondary N) is 3. The number of rotatable bonds is 7. The number of benzene rings is 1. The van der Waals surface area contributed by atoms with Crippen LogP contribution >= 0.6 is 12.4 Å². The van der Waals surface area contributed by atoms with Crippen LogP contribution < -0.4 is 16.0 Å². The van der Waals surface area contributed by atoms with Crippen molar-refractivity contribution in [2.24, 2.45) is 0 Å². The van der Waals surface area contributed by atoms with E-state index in [1.165, 1.54) is 0 Å². The molecule has 23 heavy (non-hydrogen) atoms. The molecule has 2 rings (SSSR count). The van der Waals surface area contributed by atoms with Gasteiger partial charge in [0.15, 0.2) is 0 Å². The number of imide groups is 1. The molecule has 1 aliphatic rings. The molecule has 7 nitrogen and oxygen atoms in total. The third-order valence-corrected chi connectivity index (χ3v) is 3.36. The van der Waals surface area contributed by atoms with Crippen molar-refractivity contribution in [1.29, 1.82) is 0 Å². The van der Waals surface area contributed by atoms with Crippen molar-refractivity contribution in [2.75, 3.05) is 26.7 Å². The minimum Gasteiger partial charge on any atom is -0.352 e. The number of nitrogens with zero attached hydrogens (tertiary/aromatic N) is 1. The van der Waals surface area contributed by atoms with E-state index in [4.69, 9.17) is 0 Å². The van der Waals surface area contributed by atoms with Gasteiger partial charge in [-0.15, -0.1) is 12.4 Å². The Balaban J connectivity index is 0.00000264. The summed E-state index contributed by atoms with van der Waals surface area (Å²) in [5.74, 6) is -0.415. The minimum atomic E-state index is -0.396. The number of carbonyl (C=O) groups excluding carboxylic acids is 3. The van der Waals surface area contributed by atoms with Gasteiger partial charge in [-0.25, -0.2) is 4.79 Å². The molecule has 0 radical (unpaired) electrons. The second-order valence-electron chi connectivity index (χ2n) is 5.05. The second-order valence-corrected chi connectivity index (χ2v) is 5.05. The fourth-order valence-electron chi connectivity index (χ4n) is 2.18. The Morgan fingerprint density at radius 3 is 2.74 bits per heavy atom. The SMILES string of the molecule is CNCCCNC(=O)c1cccc(CN2C(=O)CNC2=O)c1.Cl. The summed E-state index contributed by atoms with van der Waals surface area (Å²) in [6, 6.07) is 6.55. The average Bonchev–Trinajstić information content (AvgIpc) is 2.83. The molecule has 8 heteroatoms. The highest BCUT2D eigenvalue weighted by atomic mass is 35.5. The fraction of sp³-hybridized carbons (Fsp3) is 0.400. The third-order valence-electron chi connectivity index (χ3n) is 3.36. The molecule has 0 aromatic heterocycles. The molecule has 3 N–H and O–H groups in total. The molecule has 4 amide bonds. The maximum absolute atomic E-state index is 12.0. The van der Waals surface area contributed by atoms with Crippen molar-refractivity contribution in [3.8, 4) is 0 Å². The largest absolute Gasteiger partial charge is 0.352 e. The lowest BCUT2D eigenvalue weighted by Gasteiger charge is -2.13. The van der Waals surface area contributed by atoms with Crippen LogP contribution in [-0.2, 0) is 11.3 Å². The van der Waals surface area contributed by atoms with E-state index in [2.05, 4.69) is 16.0 Å². The summed E-state index contributed by atoms with van der Waals surface area (Å²) in [5.41, 5.74) is 1.27. The van der Waals surface area contributed by atoms with Crippen molar-refractivity contribution in [3.63, 3.8) is 0 Å². The lowest BCUT2D eigenvalue weighted by Crippen LogP contribution is -2.30. The van der Waals surface area contributed by atoms with Crippen molar-refractivity contribution in [1.82, 2.24) is 20.9 Å². The van der Waals surface area contributed by atoms with E-state index in [0.717, 1.165) is 23.4 Å². The minimum absolute atomic E-state index is 0. The number of hydrogen-bond acceptors (Lipinski definition) is 4. The molecular formula is C15H21ClN4O3. The van der Waals surface area contributed by atoms with E-state index in [1.54, 1.807) is 24.3 Å². The first-order chi connectivity index (χ1) is 10.6. The van der Waals surface area contributed by atoms with Gasteiger partial charge in [0.25, 0.3) is 5.91 Å². The Morgan fingerprint density at radius 2 is 2.09 bits per heavy atom. The molecule has 1 saturated heterocycles. The highest BCUT2D eigenvalue weighted by Crippen LogP contribution is 2.11. The van der Waals surface area contributed by atoms with Gasteiger partial charge in [0, 0.05) is 12.1 Å². The highest BCUT2D eigenvalue weighted by molar-refractivity contribution is 6.02. The fourth-order valence-corrected chi connectivity index (χ4v) is 2.18. The van der Waals surface area contributed by atoms with E-state index in [0.29, 0.717) is 12.1 Å². The zero-order chi connectivity index (χ0) is 15.9. The topological polar surface area (TPSA) is 90.5 Å². The van der Waals surface area contributed by atoms with Crippen molar-refractivity contribution in [2.45, 2.75) is 13.0 Å². The average molecular weight is 341 g/mol. The molecule has 1 fully saturated rings. The Kier molecular flexibility index (Phi) is 7.50. The van der Waals surface area contributed by atoms with Crippen LogP contribution in [0.3, 0.4) is 0 Å². The Morgan fingerprint density at radius 1 is 1.30 bits per heavy atom. The normalized spacial score (nSPS) is 13.5. The molecule has 1 aliphatic heterocycles. The number of carbonyl (C=O) groups is 3. The molecule has 126 valence electrons. The van der Waals surface area contributed by atoms with Crippen LogP contribution in [0.4, 0.5) is 4.79 Å².